The number of aliphatic hydroxyl groups is 1. The SMILES string of the molecule is COCCCN1C(=O)C(=O)/C(=C(/O)c2ccc(C)cc2)C1c1cn(C)c2ccccc12. The Hall–Kier alpha value is -3.38. The Balaban J connectivity index is 1.91. The summed E-state index contributed by atoms with van der Waals surface area (Å²) < 4.78 is 7.12. The molecular weight excluding hydrogens is 392 g/mol. The zero-order valence-electron chi connectivity index (χ0n) is 18.0. The molecule has 0 saturated carbocycles. The van der Waals surface area contributed by atoms with E-state index >= 15 is 0 Å². The standard InChI is InChI=1S/C25H26N2O4/c1-16-9-11-17(12-10-16)23(28)21-22(27(13-6-14-31-3)25(30)24(21)29)19-15-26(2)20-8-5-4-7-18(19)20/h4-5,7-12,15,22,28H,6,13-14H2,1-3H3/b23-21+. The second-order valence-electron chi connectivity index (χ2n) is 7.92. The van der Waals surface area contributed by atoms with Gasteiger partial charge < -0.3 is 19.3 Å². The average molecular weight is 418 g/mol. The molecule has 31 heavy (non-hydrogen) atoms. The van der Waals surface area contributed by atoms with E-state index in [1.165, 1.54) is 0 Å². The number of fused-ring (bicyclic) bond motifs is 1. The van der Waals surface area contributed by atoms with Crippen LogP contribution in [-0.2, 0) is 21.4 Å². The highest BCUT2D eigenvalue weighted by atomic mass is 16.5. The molecule has 6 nitrogen and oxygen atoms in total. The highest BCUT2D eigenvalue weighted by Gasteiger charge is 2.46. The third-order valence-corrected chi connectivity index (χ3v) is 5.83. The Bertz CT molecular complexity index is 1170. The van der Waals surface area contributed by atoms with Crippen molar-refractivity contribution < 1.29 is 19.4 Å². The molecule has 0 bridgehead atoms. The number of methoxy groups -OCH3 is 1. The molecule has 1 atom stereocenters. The molecule has 1 N–H and O–H groups in total. The normalized spacial score (nSPS) is 18.3. The zero-order chi connectivity index (χ0) is 22.1. The van der Waals surface area contributed by atoms with E-state index in [4.69, 9.17) is 4.74 Å². The molecule has 1 amide bonds. The van der Waals surface area contributed by atoms with E-state index in [-0.39, 0.29) is 11.3 Å². The molecule has 1 unspecified atom stereocenters. The molecule has 1 saturated heterocycles. The average Bonchev–Trinajstić information content (AvgIpc) is 3.23. The van der Waals surface area contributed by atoms with E-state index in [9.17, 15) is 14.7 Å². The highest BCUT2D eigenvalue weighted by molar-refractivity contribution is 6.46. The number of hydrogen-bond acceptors (Lipinski definition) is 4. The number of rotatable bonds is 6. The second kappa shape index (κ2) is 8.40. The zero-order valence-corrected chi connectivity index (χ0v) is 18.0. The summed E-state index contributed by atoms with van der Waals surface area (Å²) in [7, 11) is 3.54. The van der Waals surface area contributed by atoms with Gasteiger partial charge >= 0.3 is 0 Å². The van der Waals surface area contributed by atoms with Crippen LogP contribution >= 0.6 is 0 Å². The summed E-state index contributed by atoms with van der Waals surface area (Å²) >= 11 is 0. The molecule has 160 valence electrons. The number of ether oxygens (including phenoxy) is 1. The third-order valence-electron chi connectivity index (χ3n) is 5.83. The van der Waals surface area contributed by atoms with E-state index < -0.39 is 17.7 Å². The topological polar surface area (TPSA) is 71.8 Å². The van der Waals surface area contributed by atoms with E-state index in [2.05, 4.69) is 0 Å². The van der Waals surface area contributed by atoms with Crippen LogP contribution < -0.4 is 0 Å². The lowest BCUT2D eigenvalue weighted by molar-refractivity contribution is -0.140. The minimum absolute atomic E-state index is 0.127. The van der Waals surface area contributed by atoms with Gasteiger partial charge in [0.05, 0.1) is 11.6 Å². The molecule has 6 heteroatoms. The third kappa shape index (κ3) is 3.64. The van der Waals surface area contributed by atoms with Crippen LogP contribution in [0.5, 0.6) is 0 Å². The largest absolute Gasteiger partial charge is 0.507 e. The molecule has 0 spiro atoms. The molecule has 1 aliphatic rings. The fourth-order valence-corrected chi connectivity index (χ4v) is 4.27. The van der Waals surface area contributed by atoms with Crippen LogP contribution in [0, 0.1) is 6.92 Å². The fraction of sp³-hybridized carbons (Fsp3) is 0.280. The number of carbonyl (C=O) groups is 2. The number of nitrogens with zero attached hydrogens (tertiary/aromatic N) is 2. The first kappa shape index (κ1) is 20.9. The van der Waals surface area contributed by atoms with Crippen molar-refractivity contribution in [3.05, 3.63) is 77.0 Å². The predicted molar refractivity (Wildman–Crippen MR) is 120 cm³/mol. The Labute approximate surface area is 181 Å². The van der Waals surface area contributed by atoms with Gasteiger partial charge in [0.25, 0.3) is 11.7 Å². The number of hydrogen-bond donors (Lipinski definition) is 1. The van der Waals surface area contributed by atoms with Gasteiger partial charge in [-0.3, -0.25) is 9.59 Å². The van der Waals surface area contributed by atoms with Crippen molar-refractivity contribution in [1.82, 2.24) is 9.47 Å². The highest BCUT2D eigenvalue weighted by Crippen LogP contribution is 2.42. The minimum atomic E-state index is -0.663. The Kier molecular flexibility index (Phi) is 5.65. The number of aliphatic hydroxyl groups excluding tert-OH is 1. The van der Waals surface area contributed by atoms with Crippen LogP contribution in [0.15, 0.2) is 60.3 Å². The maximum atomic E-state index is 13.1. The minimum Gasteiger partial charge on any atom is -0.507 e. The summed E-state index contributed by atoms with van der Waals surface area (Å²) in [6, 6.07) is 14.5. The van der Waals surface area contributed by atoms with Gasteiger partial charge in [-0.2, -0.15) is 0 Å². The molecular formula is C25H26N2O4. The maximum Gasteiger partial charge on any atom is 0.295 e. The van der Waals surface area contributed by atoms with Gasteiger partial charge in [0.15, 0.2) is 0 Å². The van der Waals surface area contributed by atoms with Crippen LogP contribution in [0.3, 0.4) is 0 Å². The monoisotopic (exact) mass is 418 g/mol. The van der Waals surface area contributed by atoms with Crippen LogP contribution in [0.25, 0.3) is 16.7 Å². The van der Waals surface area contributed by atoms with E-state index in [1.807, 2.05) is 61.1 Å². The summed E-state index contributed by atoms with van der Waals surface area (Å²) in [4.78, 5) is 27.7. The van der Waals surface area contributed by atoms with Gasteiger partial charge in [0.2, 0.25) is 0 Å². The van der Waals surface area contributed by atoms with Crippen LogP contribution in [-0.4, -0.2) is 46.5 Å². The summed E-state index contributed by atoms with van der Waals surface area (Å²) in [5.41, 5.74) is 3.51. The number of aromatic nitrogens is 1. The van der Waals surface area contributed by atoms with Gasteiger partial charge in [-0.05, 0) is 19.4 Å². The number of likely N-dealkylation sites (tertiary alicyclic amines) is 1. The smallest absolute Gasteiger partial charge is 0.295 e. The molecule has 0 aliphatic carbocycles. The second-order valence-corrected chi connectivity index (χ2v) is 7.92. The number of para-hydroxylation sites is 1. The lowest BCUT2D eigenvalue weighted by Crippen LogP contribution is -2.31. The van der Waals surface area contributed by atoms with Gasteiger partial charge in [-0.1, -0.05) is 48.0 Å². The molecule has 1 aromatic heterocycles. The first-order valence-corrected chi connectivity index (χ1v) is 10.3. The van der Waals surface area contributed by atoms with E-state index in [0.717, 1.165) is 22.0 Å². The Morgan fingerprint density at radius 2 is 1.81 bits per heavy atom. The van der Waals surface area contributed by atoms with Gasteiger partial charge in [0.1, 0.15) is 5.76 Å². The van der Waals surface area contributed by atoms with Crippen LogP contribution in [0.2, 0.25) is 0 Å². The van der Waals surface area contributed by atoms with Crippen molar-refractivity contribution in [1.29, 1.82) is 0 Å². The molecule has 3 aromatic rings. The summed E-state index contributed by atoms with van der Waals surface area (Å²) in [5.74, 6) is -1.40. The number of aryl methyl sites for hydroxylation is 2. The van der Waals surface area contributed by atoms with Gasteiger partial charge in [-0.15, -0.1) is 0 Å². The number of Topliss-reactive ketones (excluding diaryl/α,β-unsaturated/α-hetero) is 1. The lowest BCUT2D eigenvalue weighted by Gasteiger charge is -2.24. The number of benzene rings is 2. The number of carbonyl (C=O) groups excluding carboxylic acids is 2. The first-order chi connectivity index (χ1) is 14.9. The predicted octanol–water partition coefficient (Wildman–Crippen LogP) is 3.94. The lowest BCUT2D eigenvalue weighted by atomic mass is 9.94. The maximum absolute atomic E-state index is 13.1. The molecule has 0 radical (unpaired) electrons. The summed E-state index contributed by atoms with van der Waals surface area (Å²) in [6.07, 6.45) is 2.53. The number of amides is 1. The van der Waals surface area contributed by atoms with E-state index in [1.54, 1.807) is 24.1 Å². The van der Waals surface area contributed by atoms with Crippen molar-refractivity contribution in [2.45, 2.75) is 19.4 Å². The van der Waals surface area contributed by atoms with Crippen molar-refractivity contribution in [2.75, 3.05) is 20.3 Å². The summed E-state index contributed by atoms with van der Waals surface area (Å²) in [5, 5.41) is 12.1. The number of ketones is 1. The summed E-state index contributed by atoms with van der Waals surface area (Å²) in [6.45, 7) is 2.79. The first-order valence-electron chi connectivity index (χ1n) is 10.3. The van der Waals surface area contributed by atoms with E-state index in [0.29, 0.717) is 25.1 Å². The molecule has 2 heterocycles. The fourth-order valence-electron chi connectivity index (χ4n) is 4.27. The molecule has 2 aromatic carbocycles. The van der Waals surface area contributed by atoms with Crippen molar-refractivity contribution in [2.24, 2.45) is 7.05 Å². The van der Waals surface area contributed by atoms with Crippen LogP contribution in [0.1, 0.15) is 29.2 Å². The Morgan fingerprint density at radius 1 is 1.10 bits per heavy atom. The van der Waals surface area contributed by atoms with Crippen molar-refractivity contribution >= 4 is 28.4 Å². The Morgan fingerprint density at radius 3 is 2.52 bits per heavy atom. The van der Waals surface area contributed by atoms with Gasteiger partial charge in [0, 0.05) is 55.5 Å². The van der Waals surface area contributed by atoms with Gasteiger partial charge in [-0.25, -0.2) is 0 Å². The molecule has 1 aliphatic heterocycles. The molecule has 4 rings (SSSR count). The quantitative estimate of drug-likeness (QED) is 0.285. The van der Waals surface area contributed by atoms with Crippen molar-refractivity contribution in [3.63, 3.8) is 0 Å². The van der Waals surface area contributed by atoms with Crippen LogP contribution in [0.4, 0.5) is 0 Å². The van der Waals surface area contributed by atoms with Crippen molar-refractivity contribution in [3.8, 4) is 0 Å². The molecule has 1 fully saturated rings.